The van der Waals surface area contributed by atoms with Crippen molar-refractivity contribution in [2.45, 2.75) is 11.8 Å². The van der Waals surface area contributed by atoms with Gasteiger partial charge in [0.25, 0.3) is 5.56 Å². The standard InChI is InChI=1S/C17H17BrN4O2/c1-21(14-6-15(23)20-19-8-14)16(24)22-9-12-7-17(12,10-22)11-2-4-13(18)5-3-11/h2-6,8,12H,7,9-10H2,1H3,(H,20,23). The van der Waals surface area contributed by atoms with E-state index in [-0.39, 0.29) is 17.0 Å². The maximum Gasteiger partial charge on any atom is 0.324 e. The topological polar surface area (TPSA) is 69.3 Å². The fraction of sp³-hybridized carbons (Fsp3) is 0.353. The van der Waals surface area contributed by atoms with Gasteiger partial charge in [-0.3, -0.25) is 9.69 Å². The average Bonchev–Trinajstić information content (AvgIpc) is 3.15. The van der Waals surface area contributed by atoms with Gasteiger partial charge < -0.3 is 4.90 Å². The third-order valence-electron chi connectivity index (χ3n) is 5.16. The summed E-state index contributed by atoms with van der Waals surface area (Å²) >= 11 is 3.47. The molecule has 1 N–H and O–H groups in total. The van der Waals surface area contributed by atoms with E-state index in [1.807, 2.05) is 4.90 Å². The average molecular weight is 389 g/mol. The molecule has 2 aromatic rings. The zero-order valence-electron chi connectivity index (χ0n) is 13.2. The van der Waals surface area contributed by atoms with Crippen molar-refractivity contribution in [3.63, 3.8) is 0 Å². The number of amides is 2. The van der Waals surface area contributed by atoms with Gasteiger partial charge in [-0.2, -0.15) is 5.10 Å². The first-order valence-electron chi connectivity index (χ1n) is 7.83. The third-order valence-corrected chi connectivity index (χ3v) is 5.69. The van der Waals surface area contributed by atoms with Crippen LogP contribution in [0.25, 0.3) is 0 Å². The van der Waals surface area contributed by atoms with Crippen molar-refractivity contribution in [3.05, 3.63) is 56.9 Å². The van der Waals surface area contributed by atoms with E-state index in [2.05, 4.69) is 50.4 Å². The molecule has 1 saturated heterocycles. The van der Waals surface area contributed by atoms with E-state index in [1.165, 1.54) is 22.7 Å². The maximum atomic E-state index is 12.8. The van der Waals surface area contributed by atoms with Crippen LogP contribution >= 0.6 is 15.9 Å². The molecule has 1 aromatic heterocycles. The molecule has 124 valence electrons. The number of hydrogen-bond donors (Lipinski definition) is 1. The monoisotopic (exact) mass is 388 g/mol. The van der Waals surface area contributed by atoms with Gasteiger partial charge in [0.15, 0.2) is 0 Å². The van der Waals surface area contributed by atoms with E-state index >= 15 is 0 Å². The Bertz CT molecular complexity index is 850. The summed E-state index contributed by atoms with van der Waals surface area (Å²) in [7, 11) is 1.68. The van der Waals surface area contributed by atoms with Gasteiger partial charge in [0, 0.05) is 36.1 Å². The van der Waals surface area contributed by atoms with Crippen molar-refractivity contribution < 1.29 is 4.79 Å². The molecule has 4 rings (SSSR count). The second kappa shape index (κ2) is 5.44. The number of fused-ring (bicyclic) bond motifs is 1. The minimum absolute atomic E-state index is 0.0916. The zero-order valence-corrected chi connectivity index (χ0v) is 14.8. The molecule has 0 spiro atoms. The summed E-state index contributed by atoms with van der Waals surface area (Å²) in [5, 5.41) is 6.07. The lowest BCUT2D eigenvalue weighted by Gasteiger charge is -2.27. The predicted molar refractivity (Wildman–Crippen MR) is 94.2 cm³/mol. The number of hydrogen-bond acceptors (Lipinski definition) is 3. The molecule has 2 atom stereocenters. The summed E-state index contributed by atoms with van der Waals surface area (Å²) in [6.45, 7) is 1.48. The first-order valence-corrected chi connectivity index (χ1v) is 8.62. The van der Waals surface area contributed by atoms with Crippen LogP contribution < -0.4 is 10.5 Å². The van der Waals surface area contributed by atoms with Crippen LogP contribution in [0.4, 0.5) is 10.5 Å². The van der Waals surface area contributed by atoms with Gasteiger partial charge in [-0.25, -0.2) is 9.89 Å². The SMILES string of the molecule is CN(C(=O)N1CC2CC2(c2ccc(Br)cc2)C1)c1cn[nH]c(=O)c1. The Morgan fingerprint density at radius 2 is 2.17 bits per heavy atom. The van der Waals surface area contributed by atoms with Crippen molar-refractivity contribution in [1.29, 1.82) is 0 Å². The Morgan fingerprint density at radius 3 is 2.88 bits per heavy atom. The molecule has 2 aliphatic rings. The number of urea groups is 1. The van der Waals surface area contributed by atoms with Crippen LogP contribution in [0.2, 0.25) is 0 Å². The van der Waals surface area contributed by atoms with Crippen LogP contribution in [0.15, 0.2) is 45.8 Å². The fourth-order valence-electron chi connectivity index (χ4n) is 3.73. The van der Waals surface area contributed by atoms with Crippen LogP contribution in [0, 0.1) is 5.92 Å². The zero-order chi connectivity index (χ0) is 16.9. The number of benzene rings is 1. The molecule has 1 aromatic carbocycles. The number of carbonyl (C=O) groups excluding carboxylic acids is 1. The molecule has 2 amide bonds. The van der Waals surface area contributed by atoms with Crippen molar-refractivity contribution in [1.82, 2.24) is 15.1 Å². The Hall–Kier alpha value is -2.15. The lowest BCUT2D eigenvalue weighted by molar-refractivity contribution is 0.210. The molecule has 1 saturated carbocycles. The van der Waals surface area contributed by atoms with Crippen LogP contribution in [0.1, 0.15) is 12.0 Å². The predicted octanol–water partition coefficient (Wildman–Crippen LogP) is 2.36. The molecule has 6 nitrogen and oxygen atoms in total. The highest BCUT2D eigenvalue weighted by Crippen LogP contribution is 2.59. The van der Waals surface area contributed by atoms with E-state index < -0.39 is 0 Å². The number of piperidine rings is 1. The van der Waals surface area contributed by atoms with E-state index in [0.29, 0.717) is 11.6 Å². The largest absolute Gasteiger partial charge is 0.324 e. The Labute approximate surface area is 147 Å². The third kappa shape index (κ3) is 2.43. The highest BCUT2D eigenvalue weighted by molar-refractivity contribution is 9.10. The van der Waals surface area contributed by atoms with Gasteiger partial charge in [-0.1, -0.05) is 28.1 Å². The number of anilines is 1. The molecule has 24 heavy (non-hydrogen) atoms. The van der Waals surface area contributed by atoms with Crippen LogP contribution in [-0.2, 0) is 5.41 Å². The first-order chi connectivity index (χ1) is 11.5. The normalized spacial score (nSPS) is 24.6. The quantitative estimate of drug-likeness (QED) is 0.858. The van der Waals surface area contributed by atoms with Gasteiger partial charge in [-0.05, 0) is 30.0 Å². The van der Waals surface area contributed by atoms with E-state index in [0.717, 1.165) is 24.0 Å². The van der Waals surface area contributed by atoms with Gasteiger partial charge in [0.1, 0.15) is 0 Å². The summed E-state index contributed by atoms with van der Waals surface area (Å²) in [5.41, 5.74) is 1.58. The molecule has 1 aliphatic carbocycles. The van der Waals surface area contributed by atoms with Crippen LogP contribution in [0.3, 0.4) is 0 Å². The first kappa shape index (κ1) is 15.4. The number of aromatic nitrogens is 2. The summed E-state index contributed by atoms with van der Waals surface area (Å²) < 4.78 is 1.06. The summed E-state index contributed by atoms with van der Waals surface area (Å²) in [6.07, 6.45) is 2.62. The fourth-order valence-corrected chi connectivity index (χ4v) is 3.99. The molecule has 0 radical (unpaired) electrons. The van der Waals surface area contributed by atoms with Gasteiger partial charge in [0.2, 0.25) is 0 Å². The van der Waals surface area contributed by atoms with E-state index in [1.54, 1.807) is 7.05 Å². The number of H-pyrrole nitrogens is 1. The molecule has 1 aliphatic heterocycles. The molecule has 0 bridgehead atoms. The number of carbonyl (C=O) groups is 1. The lowest BCUT2D eigenvalue weighted by atomic mass is 9.95. The summed E-state index contributed by atoms with van der Waals surface area (Å²) in [4.78, 5) is 27.5. The van der Waals surface area contributed by atoms with Crippen LogP contribution in [0.5, 0.6) is 0 Å². The van der Waals surface area contributed by atoms with Crippen LogP contribution in [-0.4, -0.2) is 41.3 Å². The lowest BCUT2D eigenvalue weighted by Crippen LogP contribution is -2.42. The minimum atomic E-state index is -0.317. The smallest absolute Gasteiger partial charge is 0.323 e. The number of aromatic amines is 1. The molecular weight excluding hydrogens is 372 g/mol. The Morgan fingerprint density at radius 1 is 1.42 bits per heavy atom. The van der Waals surface area contributed by atoms with Crippen molar-refractivity contribution in [2.75, 3.05) is 25.0 Å². The minimum Gasteiger partial charge on any atom is -0.323 e. The van der Waals surface area contributed by atoms with E-state index in [9.17, 15) is 9.59 Å². The number of nitrogens with one attached hydrogen (secondary N) is 1. The number of rotatable bonds is 2. The van der Waals surface area contributed by atoms with Crippen molar-refractivity contribution >= 4 is 27.6 Å². The Balaban J connectivity index is 1.52. The number of halogens is 1. The summed E-state index contributed by atoms with van der Waals surface area (Å²) in [6, 6.07) is 9.68. The van der Waals surface area contributed by atoms with Gasteiger partial charge in [0.05, 0.1) is 11.9 Å². The summed E-state index contributed by atoms with van der Waals surface area (Å²) in [5.74, 6) is 0.522. The molecule has 2 fully saturated rings. The molecular formula is C17H17BrN4O2. The molecule has 2 unspecified atom stereocenters. The number of nitrogens with zero attached hydrogens (tertiary/aromatic N) is 3. The molecule has 7 heteroatoms. The molecule has 2 heterocycles. The highest BCUT2D eigenvalue weighted by Gasteiger charge is 2.61. The second-order valence-corrected chi connectivity index (χ2v) is 7.51. The van der Waals surface area contributed by atoms with Crippen molar-refractivity contribution in [3.8, 4) is 0 Å². The highest BCUT2D eigenvalue weighted by atomic mass is 79.9. The van der Waals surface area contributed by atoms with Gasteiger partial charge in [-0.15, -0.1) is 0 Å². The number of likely N-dealkylation sites (tertiary alicyclic amines) is 1. The van der Waals surface area contributed by atoms with Gasteiger partial charge >= 0.3 is 6.03 Å². The van der Waals surface area contributed by atoms with E-state index in [4.69, 9.17) is 0 Å². The Kier molecular flexibility index (Phi) is 3.49. The van der Waals surface area contributed by atoms with Crippen molar-refractivity contribution in [2.24, 2.45) is 5.92 Å². The second-order valence-electron chi connectivity index (χ2n) is 6.59. The maximum absolute atomic E-state index is 12.8.